The van der Waals surface area contributed by atoms with E-state index in [2.05, 4.69) is 14.9 Å². The van der Waals surface area contributed by atoms with E-state index < -0.39 is 0 Å². The van der Waals surface area contributed by atoms with Crippen molar-refractivity contribution in [2.75, 3.05) is 5.32 Å². The quantitative estimate of drug-likeness (QED) is 0.698. The summed E-state index contributed by atoms with van der Waals surface area (Å²) in [7, 11) is 0. The average molecular weight is 298 g/mol. The van der Waals surface area contributed by atoms with E-state index in [9.17, 15) is 4.79 Å². The number of aromatic nitrogens is 2. The fourth-order valence-electron chi connectivity index (χ4n) is 2.50. The number of thioether (sulfide) groups is 1. The van der Waals surface area contributed by atoms with Gasteiger partial charge in [-0.3, -0.25) is 4.79 Å². The Kier molecular flexibility index (Phi) is 3.93. The summed E-state index contributed by atoms with van der Waals surface area (Å²) in [6.07, 6.45) is 5.20. The monoisotopic (exact) mass is 298 g/mol. The van der Waals surface area contributed by atoms with Gasteiger partial charge in [-0.05, 0) is 42.4 Å². The lowest BCUT2D eigenvalue weighted by molar-refractivity contribution is -0.120. The fourth-order valence-corrected chi connectivity index (χ4v) is 2.87. The Bertz CT molecular complexity index is 686. The van der Waals surface area contributed by atoms with E-state index in [1.165, 1.54) is 0 Å². The first-order chi connectivity index (χ1) is 10.3. The first-order valence-corrected chi connectivity index (χ1v) is 7.54. The third kappa shape index (κ3) is 3.09. The van der Waals surface area contributed by atoms with E-state index in [4.69, 9.17) is 5.26 Å². The number of anilines is 1. The van der Waals surface area contributed by atoms with Gasteiger partial charge >= 0.3 is 0 Å². The van der Waals surface area contributed by atoms with Gasteiger partial charge in [-0.25, -0.2) is 4.98 Å². The van der Waals surface area contributed by atoms with Crippen LogP contribution >= 0.6 is 11.8 Å². The Hall–Kier alpha value is -2.26. The number of hydrogen-bond donors (Lipinski definition) is 1. The fraction of sp³-hybridized carbons (Fsp3) is 0.267. The Morgan fingerprint density at radius 1 is 1.43 bits per heavy atom. The molecule has 0 saturated carbocycles. The molecule has 0 aliphatic carbocycles. The predicted molar refractivity (Wildman–Crippen MR) is 80.6 cm³/mol. The standard InChI is InChI=1S/C15H14N4OS/c16-9-21-14-3-1-12(2-4-14)18-15(20)11-5-6-19-10-17-8-13(19)7-11/h1-4,8,10-11H,5-7H2,(H,18,20). The zero-order valence-electron chi connectivity index (χ0n) is 11.3. The van der Waals surface area contributed by atoms with Gasteiger partial charge in [0.1, 0.15) is 5.40 Å². The van der Waals surface area contributed by atoms with Crippen LogP contribution in [0.3, 0.4) is 0 Å². The van der Waals surface area contributed by atoms with Crippen molar-refractivity contribution >= 4 is 23.4 Å². The first-order valence-electron chi connectivity index (χ1n) is 6.72. The average Bonchev–Trinajstić information content (AvgIpc) is 2.97. The van der Waals surface area contributed by atoms with Crippen molar-refractivity contribution < 1.29 is 4.79 Å². The number of imidazole rings is 1. The molecule has 1 aliphatic heterocycles. The number of fused-ring (bicyclic) bond motifs is 1. The van der Waals surface area contributed by atoms with Crippen LogP contribution in [0.15, 0.2) is 41.7 Å². The third-order valence-electron chi connectivity index (χ3n) is 3.63. The van der Waals surface area contributed by atoms with Crippen molar-refractivity contribution in [2.24, 2.45) is 5.92 Å². The third-order valence-corrected chi connectivity index (χ3v) is 4.23. The second-order valence-electron chi connectivity index (χ2n) is 4.98. The number of rotatable bonds is 3. The second kappa shape index (κ2) is 6.02. The van der Waals surface area contributed by atoms with Crippen LogP contribution in [-0.4, -0.2) is 15.5 Å². The molecule has 1 amide bonds. The van der Waals surface area contributed by atoms with Gasteiger partial charge in [0, 0.05) is 41.4 Å². The first kappa shape index (κ1) is 13.7. The van der Waals surface area contributed by atoms with Gasteiger partial charge in [-0.15, -0.1) is 0 Å². The van der Waals surface area contributed by atoms with Crippen LogP contribution in [0.4, 0.5) is 5.69 Å². The molecule has 1 atom stereocenters. The maximum absolute atomic E-state index is 12.3. The lowest BCUT2D eigenvalue weighted by Crippen LogP contribution is -2.29. The van der Waals surface area contributed by atoms with Gasteiger partial charge in [0.25, 0.3) is 0 Å². The maximum Gasteiger partial charge on any atom is 0.227 e. The summed E-state index contributed by atoms with van der Waals surface area (Å²) in [5, 5.41) is 13.6. The zero-order valence-corrected chi connectivity index (χ0v) is 12.1. The van der Waals surface area contributed by atoms with Crippen LogP contribution in [0.5, 0.6) is 0 Å². The highest BCUT2D eigenvalue weighted by Gasteiger charge is 2.24. The SMILES string of the molecule is N#CSc1ccc(NC(=O)C2CCn3cncc3C2)cc1. The number of nitriles is 1. The number of aryl methyl sites for hydroxylation is 1. The zero-order chi connectivity index (χ0) is 14.7. The molecular formula is C15H14N4OS. The molecule has 3 rings (SSSR count). The molecule has 1 aromatic heterocycles. The number of hydrogen-bond acceptors (Lipinski definition) is 4. The molecule has 2 heterocycles. The van der Waals surface area contributed by atoms with Crippen LogP contribution in [0.1, 0.15) is 12.1 Å². The second-order valence-corrected chi connectivity index (χ2v) is 5.83. The summed E-state index contributed by atoms with van der Waals surface area (Å²) in [5.74, 6) is 0.0329. The minimum Gasteiger partial charge on any atom is -0.335 e. The highest BCUT2D eigenvalue weighted by Crippen LogP contribution is 2.23. The van der Waals surface area contributed by atoms with E-state index in [0.717, 1.165) is 47.4 Å². The number of nitrogens with zero attached hydrogens (tertiary/aromatic N) is 3. The number of amides is 1. The molecule has 106 valence electrons. The van der Waals surface area contributed by atoms with Crippen molar-refractivity contribution in [1.82, 2.24) is 9.55 Å². The van der Waals surface area contributed by atoms with Crippen LogP contribution in [0.2, 0.25) is 0 Å². The largest absolute Gasteiger partial charge is 0.335 e. The lowest BCUT2D eigenvalue weighted by Gasteiger charge is -2.23. The summed E-state index contributed by atoms with van der Waals surface area (Å²) in [5.41, 5.74) is 1.88. The van der Waals surface area contributed by atoms with Gasteiger partial charge in [0.2, 0.25) is 5.91 Å². The Labute approximate surface area is 127 Å². The maximum atomic E-state index is 12.3. The van der Waals surface area contributed by atoms with Gasteiger partial charge in [-0.2, -0.15) is 5.26 Å². The van der Waals surface area contributed by atoms with Gasteiger partial charge in [0.05, 0.1) is 6.33 Å². The molecule has 2 aromatic rings. The van der Waals surface area contributed by atoms with Crippen molar-refractivity contribution in [1.29, 1.82) is 5.26 Å². The summed E-state index contributed by atoms with van der Waals surface area (Å²) >= 11 is 1.11. The van der Waals surface area contributed by atoms with Gasteiger partial charge in [0.15, 0.2) is 0 Å². The van der Waals surface area contributed by atoms with Crippen LogP contribution in [0, 0.1) is 16.6 Å². The van der Waals surface area contributed by atoms with Crippen molar-refractivity contribution in [2.45, 2.75) is 24.3 Å². The molecule has 0 fully saturated rings. The number of carbonyl (C=O) groups excluding carboxylic acids is 1. The summed E-state index contributed by atoms with van der Waals surface area (Å²) in [6, 6.07) is 7.31. The highest BCUT2D eigenvalue weighted by atomic mass is 32.2. The molecule has 1 N–H and O–H groups in total. The molecule has 1 aromatic carbocycles. The molecular weight excluding hydrogens is 284 g/mol. The number of thiocyanates is 1. The van der Waals surface area contributed by atoms with Crippen molar-refractivity contribution in [3.63, 3.8) is 0 Å². The minimum atomic E-state index is -0.0117. The van der Waals surface area contributed by atoms with Crippen molar-refractivity contribution in [3.05, 3.63) is 42.5 Å². The predicted octanol–water partition coefficient (Wildman–Crippen LogP) is 2.66. The van der Waals surface area contributed by atoms with Gasteiger partial charge in [-0.1, -0.05) is 0 Å². The number of nitrogens with one attached hydrogen (secondary N) is 1. The van der Waals surface area contributed by atoms with Crippen molar-refractivity contribution in [3.8, 4) is 5.40 Å². The highest BCUT2D eigenvalue weighted by molar-refractivity contribution is 8.03. The number of benzene rings is 1. The lowest BCUT2D eigenvalue weighted by atomic mass is 9.95. The molecule has 0 spiro atoms. The summed E-state index contributed by atoms with van der Waals surface area (Å²) < 4.78 is 2.09. The molecule has 1 unspecified atom stereocenters. The normalized spacial score (nSPS) is 16.8. The molecule has 1 aliphatic rings. The molecule has 0 radical (unpaired) electrons. The topological polar surface area (TPSA) is 70.7 Å². The number of carbonyl (C=O) groups is 1. The summed E-state index contributed by atoms with van der Waals surface area (Å²) in [4.78, 5) is 17.3. The molecule has 0 bridgehead atoms. The smallest absolute Gasteiger partial charge is 0.227 e. The molecule has 5 nitrogen and oxygen atoms in total. The van der Waals surface area contributed by atoms with Crippen LogP contribution in [-0.2, 0) is 17.8 Å². The van der Waals surface area contributed by atoms with Crippen LogP contribution in [0.25, 0.3) is 0 Å². The Morgan fingerprint density at radius 2 is 2.24 bits per heavy atom. The minimum absolute atomic E-state index is 0.0117. The van der Waals surface area contributed by atoms with E-state index in [1.807, 2.05) is 42.2 Å². The summed E-state index contributed by atoms with van der Waals surface area (Å²) in [6.45, 7) is 0.838. The molecule has 21 heavy (non-hydrogen) atoms. The van der Waals surface area contributed by atoms with E-state index in [1.54, 1.807) is 0 Å². The van der Waals surface area contributed by atoms with Gasteiger partial charge < -0.3 is 9.88 Å². The van der Waals surface area contributed by atoms with E-state index >= 15 is 0 Å². The van der Waals surface area contributed by atoms with Crippen LogP contribution < -0.4 is 5.32 Å². The van der Waals surface area contributed by atoms with E-state index in [-0.39, 0.29) is 11.8 Å². The Morgan fingerprint density at radius 3 is 3.00 bits per heavy atom. The molecule has 0 saturated heterocycles. The van der Waals surface area contributed by atoms with E-state index in [0.29, 0.717) is 0 Å². The molecule has 6 heteroatoms. The Balaban J connectivity index is 1.63.